The third kappa shape index (κ3) is 5.49. The number of guanidine groups is 1. The summed E-state index contributed by atoms with van der Waals surface area (Å²) in [7, 11) is 0. The third-order valence-electron chi connectivity index (χ3n) is 6.58. The topological polar surface area (TPSA) is 83.8 Å². The molecule has 0 aliphatic carbocycles. The number of amides is 2. The second kappa shape index (κ2) is 11.0. The van der Waals surface area contributed by atoms with Gasteiger partial charge in [-0.25, -0.2) is 4.79 Å². The lowest BCUT2D eigenvalue weighted by molar-refractivity contribution is 0.136. The van der Waals surface area contributed by atoms with E-state index < -0.39 is 0 Å². The fourth-order valence-electron chi connectivity index (χ4n) is 4.79. The molecule has 3 aromatic carbocycles. The highest BCUT2D eigenvalue weighted by atomic mass is 16.2. The second-order valence-corrected chi connectivity index (χ2v) is 9.25. The number of nitriles is 1. The van der Waals surface area contributed by atoms with E-state index in [1.165, 1.54) is 5.56 Å². The molecule has 1 atom stereocenters. The Morgan fingerprint density at radius 1 is 0.917 bits per heavy atom. The van der Waals surface area contributed by atoms with E-state index in [2.05, 4.69) is 34.7 Å². The highest BCUT2D eigenvalue weighted by Gasteiger charge is 2.33. The van der Waals surface area contributed by atoms with Crippen molar-refractivity contribution in [3.8, 4) is 6.19 Å². The number of benzene rings is 3. The molecule has 0 spiro atoms. The van der Waals surface area contributed by atoms with Crippen LogP contribution < -0.4 is 10.6 Å². The van der Waals surface area contributed by atoms with Crippen molar-refractivity contribution in [1.29, 1.82) is 5.26 Å². The standard InChI is InChI=1S/C29H32N6O/c1-20-16-22(3)27(23(4)17-20)33-29(36)35-15-14-34(18-26(35)24-11-6-5-7-12-24)28(31-19-30)32-25-13-9-8-10-21(25)2/h5-13,16-17,26H,14-15,18H2,1-4H3,(H,31,32)(H,33,36). The quantitative estimate of drug-likeness (QED) is 0.284. The summed E-state index contributed by atoms with van der Waals surface area (Å²) in [4.78, 5) is 21.6. The summed E-state index contributed by atoms with van der Waals surface area (Å²) in [6.45, 7) is 9.63. The van der Waals surface area contributed by atoms with Gasteiger partial charge in [0.25, 0.3) is 0 Å². The average molecular weight is 481 g/mol. The van der Waals surface area contributed by atoms with E-state index in [-0.39, 0.29) is 12.1 Å². The van der Waals surface area contributed by atoms with Gasteiger partial charge in [-0.1, -0.05) is 66.2 Å². The summed E-state index contributed by atoms with van der Waals surface area (Å²) in [6.07, 6.45) is 1.93. The first kappa shape index (κ1) is 24.8. The molecule has 1 unspecified atom stereocenters. The van der Waals surface area contributed by atoms with E-state index in [4.69, 9.17) is 0 Å². The molecule has 0 radical (unpaired) electrons. The zero-order valence-corrected chi connectivity index (χ0v) is 21.2. The molecule has 1 fully saturated rings. The van der Waals surface area contributed by atoms with E-state index in [0.717, 1.165) is 33.6 Å². The first-order chi connectivity index (χ1) is 17.4. The lowest BCUT2D eigenvalue weighted by atomic mass is 10.0. The van der Waals surface area contributed by atoms with Gasteiger partial charge in [-0.15, -0.1) is 4.99 Å². The van der Waals surface area contributed by atoms with Crippen LogP contribution in [-0.2, 0) is 0 Å². The number of rotatable bonds is 3. The van der Waals surface area contributed by atoms with E-state index in [9.17, 15) is 10.1 Å². The smallest absolute Gasteiger partial charge is 0.322 e. The maximum atomic E-state index is 13.6. The van der Waals surface area contributed by atoms with Crippen molar-refractivity contribution >= 4 is 23.4 Å². The van der Waals surface area contributed by atoms with Gasteiger partial charge < -0.3 is 20.4 Å². The van der Waals surface area contributed by atoms with Crippen LogP contribution in [0.15, 0.2) is 71.7 Å². The molecule has 3 aromatic rings. The fraction of sp³-hybridized carbons (Fsp3) is 0.276. The molecule has 1 heterocycles. The Labute approximate surface area is 213 Å². The number of anilines is 2. The highest BCUT2D eigenvalue weighted by Crippen LogP contribution is 2.29. The van der Waals surface area contributed by atoms with Gasteiger partial charge in [0, 0.05) is 31.0 Å². The lowest BCUT2D eigenvalue weighted by Gasteiger charge is -2.42. The zero-order valence-electron chi connectivity index (χ0n) is 21.2. The Morgan fingerprint density at radius 3 is 2.25 bits per heavy atom. The minimum atomic E-state index is -0.214. The zero-order chi connectivity index (χ0) is 25.7. The second-order valence-electron chi connectivity index (χ2n) is 9.25. The molecule has 2 amide bonds. The molecule has 7 heteroatoms. The predicted octanol–water partition coefficient (Wildman–Crippen LogP) is 5.76. The number of piperazine rings is 1. The normalized spacial score (nSPS) is 15.9. The van der Waals surface area contributed by atoms with Crippen molar-refractivity contribution < 1.29 is 4.79 Å². The molecule has 1 aliphatic rings. The van der Waals surface area contributed by atoms with Crippen molar-refractivity contribution in [3.05, 3.63) is 94.5 Å². The molecule has 2 N–H and O–H groups in total. The molecular weight excluding hydrogens is 448 g/mol. The number of hydrogen-bond acceptors (Lipinski definition) is 3. The van der Waals surface area contributed by atoms with E-state index >= 15 is 0 Å². The van der Waals surface area contributed by atoms with Crippen molar-refractivity contribution in [3.63, 3.8) is 0 Å². The van der Waals surface area contributed by atoms with Crippen LogP contribution in [-0.4, -0.2) is 41.4 Å². The van der Waals surface area contributed by atoms with Crippen LogP contribution in [0.1, 0.15) is 33.9 Å². The Balaban J connectivity index is 1.61. The molecule has 1 saturated heterocycles. The first-order valence-corrected chi connectivity index (χ1v) is 12.1. The third-order valence-corrected chi connectivity index (χ3v) is 6.58. The predicted molar refractivity (Wildman–Crippen MR) is 145 cm³/mol. The summed E-state index contributed by atoms with van der Waals surface area (Å²) in [5.74, 6) is 0.484. The number of carbonyl (C=O) groups is 1. The van der Waals surface area contributed by atoms with E-state index in [0.29, 0.717) is 25.6 Å². The monoisotopic (exact) mass is 480 g/mol. The first-order valence-electron chi connectivity index (χ1n) is 12.1. The van der Waals surface area contributed by atoms with Crippen LogP contribution in [0, 0.1) is 39.1 Å². The van der Waals surface area contributed by atoms with Gasteiger partial charge in [-0.05, 0) is 56.0 Å². The number of nitrogens with zero attached hydrogens (tertiary/aromatic N) is 4. The number of hydrogen-bond donors (Lipinski definition) is 2. The summed E-state index contributed by atoms with van der Waals surface area (Å²) >= 11 is 0. The lowest BCUT2D eigenvalue weighted by Crippen LogP contribution is -2.54. The fourth-order valence-corrected chi connectivity index (χ4v) is 4.79. The van der Waals surface area contributed by atoms with Crippen LogP contribution in [0.4, 0.5) is 16.2 Å². The largest absolute Gasteiger partial charge is 0.338 e. The van der Waals surface area contributed by atoms with Crippen LogP contribution in [0.25, 0.3) is 0 Å². The Bertz CT molecular complexity index is 1290. The number of para-hydroxylation sites is 1. The summed E-state index contributed by atoms with van der Waals surface area (Å²) in [5.41, 5.74) is 7.10. The molecule has 1 aliphatic heterocycles. The van der Waals surface area contributed by atoms with E-state index in [1.54, 1.807) is 0 Å². The number of aryl methyl sites for hydroxylation is 4. The Kier molecular flexibility index (Phi) is 7.55. The average Bonchev–Trinajstić information content (AvgIpc) is 2.87. The van der Waals surface area contributed by atoms with E-state index in [1.807, 2.05) is 91.4 Å². The molecule has 184 valence electrons. The van der Waals surface area contributed by atoms with Gasteiger partial charge in [0.2, 0.25) is 12.2 Å². The van der Waals surface area contributed by atoms with Crippen LogP contribution >= 0.6 is 0 Å². The van der Waals surface area contributed by atoms with Crippen molar-refractivity contribution in [2.45, 2.75) is 33.7 Å². The van der Waals surface area contributed by atoms with Crippen LogP contribution in [0.3, 0.4) is 0 Å². The summed E-state index contributed by atoms with van der Waals surface area (Å²) in [5, 5.41) is 15.9. The minimum Gasteiger partial charge on any atom is -0.338 e. The maximum absolute atomic E-state index is 13.6. The van der Waals surface area contributed by atoms with Crippen molar-refractivity contribution in [2.24, 2.45) is 4.99 Å². The molecule has 7 nitrogen and oxygen atoms in total. The molecule has 4 rings (SSSR count). The minimum absolute atomic E-state index is 0.135. The van der Waals surface area contributed by atoms with Gasteiger partial charge >= 0.3 is 6.03 Å². The number of urea groups is 1. The maximum Gasteiger partial charge on any atom is 0.322 e. The Hall–Kier alpha value is -4.31. The molecule has 0 bridgehead atoms. The molecule has 0 aromatic heterocycles. The van der Waals surface area contributed by atoms with Gasteiger partial charge in [0.15, 0.2) is 0 Å². The highest BCUT2D eigenvalue weighted by molar-refractivity contribution is 5.95. The number of carbonyl (C=O) groups excluding carboxylic acids is 1. The van der Waals surface area contributed by atoms with Crippen molar-refractivity contribution in [2.75, 3.05) is 30.3 Å². The Morgan fingerprint density at radius 2 is 1.58 bits per heavy atom. The molecule has 0 saturated carbocycles. The van der Waals surface area contributed by atoms with Gasteiger partial charge in [-0.2, -0.15) is 5.26 Å². The SMILES string of the molecule is Cc1cc(C)c(NC(=O)N2CCN(/C(=N\C#N)Nc3ccccc3C)CC2c2ccccc2)c(C)c1. The van der Waals surface area contributed by atoms with Crippen LogP contribution in [0.2, 0.25) is 0 Å². The summed E-state index contributed by atoms with van der Waals surface area (Å²) in [6, 6.07) is 21.7. The molecular formula is C29H32N6O. The van der Waals surface area contributed by atoms with Gasteiger partial charge in [-0.3, -0.25) is 0 Å². The van der Waals surface area contributed by atoms with Crippen molar-refractivity contribution in [1.82, 2.24) is 9.80 Å². The number of aliphatic imine (C=N–C) groups is 1. The molecule has 36 heavy (non-hydrogen) atoms. The van der Waals surface area contributed by atoms with Crippen LogP contribution in [0.5, 0.6) is 0 Å². The number of nitrogens with one attached hydrogen (secondary N) is 2. The van der Waals surface area contributed by atoms with Gasteiger partial charge in [0.1, 0.15) is 0 Å². The summed E-state index contributed by atoms with van der Waals surface area (Å²) < 4.78 is 0. The van der Waals surface area contributed by atoms with Gasteiger partial charge in [0.05, 0.1) is 6.04 Å².